The van der Waals surface area contributed by atoms with Gasteiger partial charge in [-0.05, 0) is 21.6 Å². The molecule has 0 aliphatic rings. The zero-order valence-electron chi connectivity index (χ0n) is 12.6. The van der Waals surface area contributed by atoms with Crippen LogP contribution in [0.5, 0.6) is 0 Å². The second-order valence-electron chi connectivity index (χ2n) is 6.35. The van der Waals surface area contributed by atoms with Gasteiger partial charge in [-0.25, -0.2) is 0 Å². The number of hydrogen-bond acceptors (Lipinski definition) is 4. The maximum Gasteiger partial charge on any atom is 0.0886 e. The van der Waals surface area contributed by atoms with Gasteiger partial charge in [0.25, 0.3) is 0 Å². The molecule has 0 amide bonds. The first kappa shape index (κ1) is 17.1. The molecule has 1 aromatic rings. The summed E-state index contributed by atoms with van der Waals surface area (Å²) in [6.07, 6.45) is 4.47. The van der Waals surface area contributed by atoms with Crippen molar-refractivity contribution in [1.82, 2.24) is 0 Å². The van der Waals surface area contributed by atoms with E-state index < -0.39 is 16.1 Å². The van der Waals surface area contributed by atoms with Gasteiger partial charge >= 0.3 is 0 Å². The third-order valence-corrected chi connectivity index (χ3v) is 15.7. The van der Waals surface area contributed by atoms with Gasteiger partial charge in [0.15, 0.2) is 0 Å². The Morgan fingerprint density at radius 1 is 0.722 bits per heavy atom. The molecule has 0 nitrogen and oxygen atoms in total. The standard InChI is InChI=1S/C12H24S4Si2/c1-13-11(17(3,4)5)9-15-10(16-9)12(14-2)18(6,7)8/h1-8H3. The van der Waals surface area contributed by atoms with E-state index in [1.165, 1.54) is 0 Å². The first-order valence-electron chi connectivity index (χ1n) is 6.04. The van der Waals surface area contributed by atoms with Crippen LogP contribution in [0.25, 0.3) is 9.06 Å². The van der Waals surface area contributed by atoms with Crippen molar-refractivity contribution in [1.29, 1.82) is 0 Å². The predicted molar refractivity (Wildman–Crippen MR) is 102 cm³/mol. The summed E-state index contributed by atoms with van der Waals surface area (Å²) >= 11 is 8.03. The highest BCUT2D eigenvalue weighted by molar-refractivity contribution is 8.11. The van der Waals surface area contributed by atoms with Crippen LogP contribution in [0.2, 0.25) is 39.3 Å². The zero-order chi connectivity index (χ0) is 14.1. The monoisotopic (exact) mass is 352 g/mol. The van der Waals surface area contributed by atoms with Gasteiger partial charge < -0.3 is 0 Å². The van der Waals surface area contributed by atoms with Crippen LogP contribution in [0.3, 0.4) is 0 Å². The van der Waals surface area contributed by atoms with Crippen molar-refractivity contribution in [3.8, 4) is 0 Å². The molecular formula is C12H24S4Si2. The molecular weight excluding hydrogens is 329 g/mol. The molecule has 0 unspecified atom stereocenters. The van der Waals surface area contributed by atoms with Gasteiger partial charge in [0.1, 0.15) is 0 Å². The highest BCUT2D eigenvalue weighted by atomic mass is 32.2. The fourth-order valence-electron chi connectivity index (χ4n) is 1.75. The summed E-state index contributed by atoms with van der Waals surface area (Å²) in [4.78, 5) is 0. The van der Waals surface area contributed by atoms with Gasteiger partial charge in [-0.15, -0.1) is 46.2 Å². The molecule has 0 fully saturated rings. The topological polar surface area (TPSA) is 0 Å². The van der Waals surface area contributed by atoms with Crippen molar-refractivity contribution in [3.63, 3.8) is 0 Å². The Hall–Kier alpha value is 1.05. The van der Waals surface area contributed by atoms with E-state index in [4.69, 9.17) is 0 Å². The largest absolute Gasteiger partial charge is 0.136 e. The molecule has 1 heterocycles. The second kappa shape index (κ2) is 6.22. The van der Waals surface area contributed by atoms with E-state index in [9.17, 15) is 0 Å². The minimum Gasteiger partial charge on any atom is -0.136 e. The minimum atomic E-state index is -1.16. The number of hydrogen-bond donors (Lipinski definition) is 0. The van der Waals surface area contributed by atoms with E-state index in [1.54, 1.807) is 16.7 Å². The molecule has 0 aliphatic heterocycles. The van der Waals surface area contributed by atoms with Gasteiger partial charge in [-0.3, -0.25) is 0 Å². The second-order valence-corrected chi connectivity index (χ2v) is 21.3. The van der Waals surface area contributed by atoms with Crippen molar-refractivity contribution in [3.05, 3.63) is 7.69 Å². The molecule has 0 radical (unpaired) electrons. The van der Waals surface area contributed by atoms with Gasteiger partial charge in [0, 0.05) is 0 Å². The molecule has 18 heavy (non-hydrogen) atoms. The Labute approximate surface area is 130 Å². The molecule has 0 N–H and O–H groups in total. The highest BCUT2D eigenvalue weighted by Crippen LogP contribution is 2.28. The zero-order valence-corrected chi connectivity index (χ0v) is 17.9. The Morgan fingerprint density at radius 3 is 1.17 bits per heavy atom. The molecule has 1 rings (SSSR count). The van der Waals surface area contributed by atoms with Crippen LogP contribution >= 0.6 is 46.2 Å². The lowest BCUT2D eigenvalue weighted by molar-refractivity contribution is 1.80. The molecule has 0 aliphatic carbocycles. The van der Waals surface area contributed by atoms with E-state index in [2.05, 4.69) is 51.8 Å². The van der Waals surface area contributed by atoms with Gasteiger partial charge in [0.2, 0.25) is 0 Å². The smallest absolute Gasteiger partial charge is 0.0886 e. The van der Waals surface area contributed by atoms with Crippen molar-refractivity contribution >= 4 is 71.4 Å². The first-order chi connectivity index (χ1) is 8.11. The minimum absolute atomic E-state index is 1.16. The Morgan fingerprint density at radius 2 is 1.00 bits per heavy atom. The van der Waals surface area contributed by atoms with E-state index >= 15 is 0 Å². The van der Waals surface area contributed by atoms with Crippen molar-refractivity contribution in [2.45, 2.75) is 39.3 Å². The van der Waals surface area contributed by atoms with Crippen LogP contribution in [-0.4, -0.2) is 28.7 Å². The van der Waals surface area contributed by atoms with Crippen LogP contribution in [0.15, 0.2) is 0 Å². The third-order valence-electron chi connectivity index (χ3n) is 2.51. The summed E-state index contributed by atoms with van der Waals surface area (Å²) in [7, 11) is -2.31. The van der Waals surface area contributed by atoms with E-state index in [0.717, 1.165) is 0 Å². The van der Waals surface area contributed by atoms with Crippen molar-refractivity contribution in [2.75, 3.05) is 12.5 Å². The first-order valence-corrected chi connectivity index (χ1v) is 17.1. The Bertz CT molecular complexity index is 449. The maximum atomic E-state index is 2.45. The molecule has 0 saturated heterocycles. The fourth-order valence-corrected chi connectivity index (χ4v) is 15.5. The third kappa shape index (κ3) is 4.02. The summed E-state index contributed by atoms with van der Waals surface area (Å²) in [6, 6.07) is 0. The van der Waals surface area contributed by atoms with Crippen LogP contribution in [0.1, 0.15) is 0 Å². The highest BCUT2D eigenvalue weighted by Gasteiger charge is 2.24. The predicted octanol–water partition coefficient (Wildman–Crippen LogP) is 4.51. The summed E-state index contributed by atoms with van der Waals surface area (Å²) in [6.45, 7) is 14.7. The van der Waals surface area contributed by atoms with Crippen molar-refractivity contribution < 1.29 is 0 Å². The van der Waals surface area contributed by atoms with Crippen LogP contribution in [-0.2, 0) is 0 Å². The van der Waals surface area contributed by atoms with Crippen LogP contribution < -0.4 is 7.69 Å². The van der Waals surface area contributed by atoms with Gasteiger partial charge in [0.05, 0.1) is 23.8 Å². The SMILES string of the molecule is CSC(=c1sc(=C(SC)[Si](C)(C)C)s1)[Si](C)(C)C. The van der Waals surface area contributed by atoms with Gasteiger partial charge in [-0.2, -0.15) is 0 Å². The number of thioether (sulfide) groups is 2. The molecule has 104 valence electrons. The summed E-state index contributed by atoms with van der Waals surface area (Å²) in [5.74, 6) is 0. The molecule has 0 aromatic carbocycles. The Kier molecular flexibility index (Phi) is 5.91. The molecule has 6 heteroatoms. The lowest BCUT2D eigenvalue weighted by Crippen LogP contribution is -2.31. The number of rotatable bonds is 4. The summed E-state index contributed by atoms with van der Waals surface area (Å²) in [5, 5.41) is 0. The molecule has 0 bridgehead atoms. The average molecular weight is 353 g/mol. The van der Waals surface area contributed by atoms with Gasteiger partial charge in [-0.1, -0.05) is 39.3 Å². The maximum absolute atomic E-state index is 2.45. The summed E-state index contributed by atoms with van der Waals surface area (Å²) < 4.78 is 6.53. The van der Waals surface area contributed by atoms with Crippen LogP contribution in [0.4, 0.5) is 0 Å². The lowest BCUT2D eigenvalue weighted by atomic mass is 11.2. The average Bonchev–Trinajstić information content (AvgIpc) is 2.10. The quantitative estimate of drug-likeness (QED) is 0.731. The lowest BCUT2D eigenvalue weighted by Gasteiger charge is -2.21. The van der Waals surface area contributed by atoms with E-state index in [-0.39, 0.29) is 0 Å². The normalized spacial score (nSPS) is 12.9. The van der Waals surface area contributed by atoms with Crippen molar-refractivity contribution in [2.24, 2.45) is 0 Å². The van der Waals surface area contributed by atoms with E-state index in [1.807, 2.05) is 46.2 Å². The Balaban J connectivity index is 3.36. The summed E-state index contributed by atoms with van der Waals surface area (Å²) in [5.41, 5.74) is 0. The fraction of sp³-hybridized carbons (Fsp3) is 0.667. The van der Waals surface area contributed by atoms with E-state index in [0.29, 0.717) is 0 Å². The molecule has 0 saturated carbocycles. The molecule has 1 aromatic heterocycles. The van der Waals surface area contributed by atoms with Crippen LogP contribution in [0, 0.1) is 0 Å². The molecule has 0 spiro atoms. The molecule has 0 atom stereocenters.